The number of benzene rings is 2. The summed E-state index contributed by atoms with van der Waals surface area (Å²) >= 11 is 0.926. The number of unbranched alkanes of at least 4 members (excludes halogenated alkanes) is 2. The number of carbonyl (C=O) groups excluding carboxylic acids is 3. The molecule has 2 aliphatic heterocycles. The Morgan fingerprint density at radius 1 is 1.05 bits per heavy atom. The van der Waals surface area contributed by atoms with Crippen molar-refractivity contribution in [1.29, 1.82) is 0 Å². The van der Waals surface area contributed by atoms with Crippen molar-refractivity contribution in [2.75, 3.05) is 38.4 Å². The van der Waals surface area contributed by atoms with Crippen LogP contribution in [0, 0.1) is 6.92 Å². The number of hydrogen-bond donors (Lipinski definition) is 1. The van der Waals surface area contributed by atoms with Gasteiger partial charge in [-0.05, 0) is 56.2 Å². The lowest BCUT2D eigenvalue weighted by atomic mass is 9.95. The van der Waals surface area contributed by atoms with Crippen molar-refractivity contribution in [3.05, 3.63) is 63.7 Å². The third kappa shape index (κ3) is 5.94. The standard InChI is InChI=1S/C32H34N2O9S/c1-5-7-8-13-41-21-11-9-19(16-23(21)40-6-2)26-25(27(35)20-10-12-22-24(17-20)43-15-14-42-22)28(36)30(37)34(26)32-33-18(3)29(44-32)31(38)39-4/h9-12,16-17,26,35H,5-8,13-15H2,1-4H3/b27-25+. The third-order valence-corrected chi connectivity index (χ3v) is 8.35. The van der Waals surface area contributed by atoms with E-state index in [2.05, 4.69) is 11.9 Å². The number of thiazole rings is 1. The molecule has 11 nitrogen and oxygen atoms in total. The topological polar surface area (TPSA) is 134 Å². The Morgan fingerprint density at radius 3 is 2.55 bits per heavy atom. The summed E-state index contributed by atoms with van der Waals surface area (Å²) in [6.45, 7) is 7.15. The molecule has 1 N–H and O–H groups in total. The summed E-state index contributed by atoms with van der Waals surface area (Å²) in [5.74, 6) is -0.955. The van der Waals surface area contributed by atoms with E-state index in [1.807, 2.05) is 6.92 Å². The Bertz CT molecular complexity index is 1610. The van der Waals surface area contributed by atoms with Crippen LogP contribution < -0.4 is 23.8 Å². The third-order valence-electron chi connectivity index (χ3n) is 7.21. The summed E-state index contributed by atoms with van der Waals surface area (Å²) in [5, 5.41) is 11.7. The van der Waals surface area contributed by atoms with Crippen LogP contribution in [0.3, 0.4) is 0 Å². The Kier molecular flexibility index (Phi) is 9.38. The Labute approximate surface area is 259 Å². The quantitative estimate of drug-likeness (QED) is 0.0947. The van der Waals surface area contributed by atoms with Crippen LogP contribution in [0.1, 0.15) is 65.6 Å². The predicted octanol–water partition coefficient (Wildman–Crippen LogP) is 5.60. The van der Waals surface area contributed by atoms with Gasteiger partial charge in [0.2, 0.25) is 0 Å². The van der Waals surface area contributed by atoms with Crippen LogP contribution >= 0.6 is 11.3 Å². The fourth-order valence-corrected chi connectivity index (χ4v) is 6.09. The summed E-state index contributed by atoms with van der Waals surface area (Å²) < 4.78 is 28.0. The highest BCUT2D eigenvalue weighted by Crippen LogP contribution is 2.46. The van der Waals surface area contributed by atoms with E-state index in [4.69, 9.17) is 23.7 Å². The second kappa shape index (κ2) is 13.4. The first-order valence-electron chi connectivity index (χ1n) is 14.4. The van der Waals surface area contributed by atoms with Gasteiger partial charge in [-0.2, -0.15) is 0 Å². The number of Topliss-reactive ketones (excluding diaryl/α,β-unsaturated/α-hetero) is 1. The second-order valence-corrected chi connectivity index (χ2v) is 11.1. The molecule has 3 heterocycles. The molecule has 1 amide bonds. The molecule has 1 aromatic heterocycles. The number of ketones is 1. The number of methoxy groups -OCH3 is 1. The van der Waals surface area contributed by atoms with Crippen molar-refractivity contribution in [3.63, 3.8) is 0 Å². The van der Waals surface area contributed by atoms with E-state index in [1.165, 1.54) is 12.0 Å². The van der Waals surface area contributed by atoms with E-state index < -0.39 is 29.5 Å². The van der Waals surface area contributed by atoms with E-state index in [-0.39, 0.29) is 21.1 Å². The minimum atomic E-state index is -1.10. The van der Waals surface area contributed by atoms with Crippen LogP contribution in [0.15, 0.2) is 42.0 Å². The van der Waals surface area contributed by atoms with Crippen LogP contribution in [0.2, 0.25) is 0 Å². The summed E-state index contributed by atoms with van der Waals surface area (Å²) in [5.41, 5.74) is 0.928. The molecule has 12 heteroatoms. The number of anilines is 1. The number of fused-ring (bicyclic) bond motifs is 1. The molecule has 0 aliphatic carbocycles. The molecule has 5 rings (SSSR count). The lowest BCUT2D eigenvalue weighted by Gasteiger charge is -2.24. The minimum Gasteiger partial charge on any atom is -0.507 e. The molecule has 2 aliphatic rings. The molecule has 1 atom stereocenters. The molecule has 0 radical (unpaired) electrons. The molecule has 1 saturated heterocycles. The van der Waals surface area contributed by atoms with Crippen molar-refractivity contribution in [2.24, 2.45) is 0 Å². The zero-order valence-corrected chi connectivity index (χ0v) is 25.8. The number of esters is 1. The van der Waals surface area contributed by atoms with Crippen molar-refractivity contribution in [1.82, 2.24) is 4.98 Å². The van der Waals surface area contributed by atoms with Gasteiger partial charge in [0, 0.05) is 5.56 Å². The molecule has 232 valence electrons. The van der Waals surface area contributed by atoms with E-state index >= 15 is 0 Å². The maximum Gasteiger partial charge on any atom is 0.350 e. The van der Waals surface area contributed by atoms with Gasteiger partial charge in [-0.25, -0.2) is 9.78 Å². The first-order chi connectivity index (χ1) is 21.3. The molecule has 44 heavy (non-hydrogen) atoms. The molecule has 3 aromatic rings. The molecule has 1 fully saturated rings. The number of carbonyl (C=O) groups is 3. The van der Waals surface area contributed by atoms with Crippen molar-refractivity contribution < 1.29 is 43.2 Å². The number of aliphatic hydroxyl groups excluding tert-OH is 1. The lowest BCUT2D eigenvalue weighted by Crippen LogP contribution is -2.29. The van der Waals surface area contributed by atoms with Gasteiger partial charge in [-0.3, -0.25) is 14.5 Å². The Morgan fingerprint density at radius 2 is 1.82 bits per heavy atom. The number of ether oxygens (including phenoxy) is 5. The first-order valence-corrected chi connectivity index (χ1v) is 15.3. The smallest absolute Gasteiger partial charge is 0.350 e. The number of hydrogen-bond acceptors (Lipinski definition) is 11. The monoisotopic (exact) mass is 622 g/mol. The van der Waals surface area contributed by atoms with E-state index in [1.54, 1.807) is 43.3 Å². The van der Waals surface area contributed by atoms with Gasteiger partial charge in [-0.1, -0.05) is 37.2 Å². The average Bonchev–Trinajstić information content (AvgIpc) is 3.54. The molecule has 0 saturated carbocycles. The second-order valence-electron chi connectivity index (χ2n) is 10.1. The molecule has 0 bridgehead atoms. The number of nitrogens with zero attached hydrogens (tertiary/aromatic N) is 2. The lowest BCUT2D eigenvalue weighted by molar-refractivity contribution is -0.132. The highest BCUT2D eigenvalue weighted by atomic mass is 32.1. The number of rotatable bonds is 11. The van der Waals surface area contributed by atoms with Gasteiger partial charge in [0.25, 0.3) is 5.78 Å². The number of aryl methyl sites for hydroxylation is 1. The fourth-order valence-electron chi connectivity index (χ4n) is 5.08. The number of amides is 1. The minimum absolute atomic E-state index is 0.106. The molecule has 2 aromatic carbocycles. The molecular weight excluding hydrogens is 588 g/mol. The fraction of sp³-hybridized carbons (Fsp3) is 0.375. The van der Waals surface area contributed by atoms with Crippen molar-refractivity contribution >= 4 is 39.9 Å². The largest absolute Gasteiger partial charge is 0.507 e. The van der Waals surface area contributed by atoms with Crippen LogP contribution in [0.25, 0.3) is 5.76 Å². The van der Waals surface area contributed by atoms with E-state index in [9.17, 15) is 19.5 Å². The summed E-state index contributed by atoms with van der Waals surface area (Å²) in [6.07, 6.45) is 2.96. The van der Waals surface area contributed by atoms with Gasteiger partial charge < -0.3 is 28.8 Å². The van der Waals surface area contributed by atoms with Crippen LogP contribution in [0.5, 0.6) is 23.0 Å². The predicted molar refractivity (Wildman–Crippen MR) is 163 cm³/mol. The van der Waals surface area contributed by atoms with Crippen LogP contribution in [0.4, 0.5) is 5.13 Å². The number of aliphatic hydroxyl groups is 1. The van der Waals surface area contributed by atoms with Crippen LogP contribution in [-0.2, 0) is 14.3 Å². The Hall–Kier alpha value is -4.58. The Balaban J connectivity index is 1.65. The van der Waals surface area contributed by atoms with E-state index in [0.717, 1.165) is 30.6 Å². The maximum atomic E-state index is 13.7. The van der Waals surface area contributed by atoms with Gasteiger partial charge in [0.1, 0.15) is 23.9 Å². The summed E-state index contributed by atoms with van der Waals surface area (Å²) in [6, 6.07) is 8.84. The van der Waals surface area contributed by atoms with Gasteiger partial charge >= 0.3 is 11.9 Å². The van der Waals surface area contributed by atoms with Crippen molar-refractivity contribution in [3.8, 4) is 23.0 Å². The van der Waals surface area contributed by atoms with Gasteiger partial charge in [0.15, 0.2) is 28.1 Å². The zero-order valence-electron chi connectivity index (χ0n) is 25.0. The number of aromatic nitrogens is 1. The van der Waals surface area contributed by atoms with Crippen molar-refractivity contribution in [2.45, 2.75) is 46.1 Å². The maximum absolute atomic E-state index is 13.7. The molecule has 0 spiro atoms. The zero-order chi connectivity index (χ0) is 31.4. The normalized spacial score (nSPS) is 17.1. The van der Waals surface area contributed by atoms with E-state index in [0.29, 0.717) is 60.7 Å². The first kappa shape index (κ1) is 30.9. The van der Waals surface area contributed by atoms with Gasteiger partial charge in [0.05, 0.1) is 37.6 Å². The highest BCUT2D eigenvalue weighted by Gasteiger charge is 2.48. The average molecular weight is 623 g/mol. The highest BCUT2D eigenvalue weighted by molar-refractivity contribution is 7.17. The van der Waals surface area contributed by atoms with Crippen LogP contribution in [-0.4, -0.2) is 61.3 Å². The van der Waals surface area contributed by atoms with Gasteiger partial charge in [-0.15, -0.1) is 0 Å². The summed E-state index contributed by atoms with van der Waals surface area (Å²) in [4.78, 5) is 45.6. The molecule has 1 unspecified atom stereocenters. The summed E-state index contributed by atoms with van der Waals surface area (Å²) in [7, 11) is 1.25. The SMILES string of the molecule is CCCCCOc1ccc(C2/C(=C(\O)c3ccc4c(c3)OCCO4)C(=O)C(=O)N2c2nc(C)c(C(=O)OC)s2)cc1OCC. The molecular formula is C32H34N2O9S.